The minimum absolute atomic E-state index is 0.180. The van der Waals surface area contributed by atoms with Crippen LogP contribution in [0, 0.1) is 6.92 Å². The van der Waals surface area contributed by atoms with Crippen molar-refractivity contribution in [1.29, 1.82) is 0 Å². The van der Waals surface area contributed by atoms with E-state index in [1.165, 1.54) is 6.20 Å². The van der Waals surface area contributed by atoms with Crippen molar-refractivity contribution in [2.75, 3.05) is 11.9 Å². The van der Waals surface area contributed by atoms with E-state index in [9.17, 15) is 9.59 Å². The van der Waals surface area contributed by atoms with Crippen LogP contribution in [-0.4, -0.2) is 34.4 Å². The van der Waals surface area contributed by atoms with Crippen LogP contribution in [0.1, 0.15) is 57.8 Å². The van der Waals surface area contributed by atoms with Gasteiger partial charge in [0.2, 0.25) is 0 Å². The molecule has 4 N–H and O–H groups in total. The highest BCUT2D eigenvalue weighted by molar-refractivity contribution is 6.09. The van der Waals surface area contributed by atoms with Gasteiger partial charge in [-0.1, -0.05) is 18.9 Å². The molecule has 164 valence electrons. The highest BCUT2D eigenvalue weighted by Crippen LogP contribution is 2.36. The maximum atomic E-state index is 12.9. The third-order valence-electron chi connectivity index (χ3n) is 6.22. The van der Waals surface area contributed by atoms with Crippen LogP contribution in [0.15, 0.2) is 30.5 Å². The number of rotatable bonds is 5. The van der Waals surface area contributed by atoms with Crippen molar-refractivity contribution in [3.05, 3.63) is 53.0 Å². The summed E-state index contributed by atoms with van der Waals surface area (Å²) in [5, 5.41) is 7.09. The summed E-state index contributed by atoms with van der Waals surface area (Å²) < 4.78 is 5.67. The van der Waals surface area contributed by atoms with E-state index in [-0.39, 0.29) is 17.5 Å². The Morgan fingerprint density at radius 1 is 1.22 bits per heavy atom. The van der Waals surface area contributed by atoms with Crippen LogP contribution in [0.3, 0.4) is 0 Å². The number of amides is 2. The molecule has 0 saturated heterocycles. The number of nitrogens with two attached hydrogens (primary N) is 1. The van der Waals surface area contributed by atoms with Crippen molar-refractivity contribution in [2.45, 2.75) is 45.1 Å². The van der Waals surface area contributed by atoms with E-state index in [1.807, 2.05) is 25.1 Å². The molecule has 3 heterocycles. The molecule has 2 aromatic heterocycles. The first-order valence-electron chi connectivity index (χ1n) is 10.9. The van der Waals surface area contributed by atoms with E-state index in [1.54, 1.807) is 6.07 Å². The molecule has 32 heavy (non-hydrogen) atoms. The van der Waals surface area contributed by atoms with Crippen molar-refractivity contribution in [3.8, 4) is 5.75 Å². The zero-order chi connectivity index (χ0) is 22.2. The Morgan fingerprint density at radius 2 is 2.03 bits per heavy atom. The lowest BCUT2D eigenvalue weighted by Gasteiger charge is -2.17. The normalized spacial score (nSPS) is 15.4. The zero-order valence-corrected chi connectivity index (χ0v) is 17.9. The fraction of sp³-hybridized carbons (Fsp3) is 0.333. The van der Waals surface area contributed by atoms with E-state index >= 15 is 0 Å². The van der Waals surface area contributed by atoms with Crippen LogP contribution in [0.5, 0.6) is 5.75 Å². The number of nitrogens with zero attached hydrogens (tertiary/aromatic N) is 2. The second kappa shape index (κ2) is 8.11. The number of carbonyl (C=O) groups excluding carboxylic acids is 2. The Hall–Kier alpha value is -3.68. The highest BCUT2D eigenvalue weighted by Gasteiger charge is 2.23. The molecule has 1 aliphatic carbocycles. The maximum Gasteiger partial charge on any atom is 0.270 e. The molecule has 5 rings (SSSR count). The standard InChI is InChI=1S/C24H25N5O3/c1-13-21-16(11-19(27-13)24(31)28-14-5-2-3-6-14)22(17(12-26-21)23(25)30)29-18-7-4-8-20-15(18)9-10-32-20/h4,7-8,11-12,14H,2-3,5-6,9-10H2,1H3,(H2,25,30)(H,26,29)(H,28,31). The van der Waals surface area contributed by atoms with Gasteiger partial charge >= 0.3 is 0 Å². The van der Waals surface area contributed by atoms with Crippen LogP contribution in [0.2, 0.25) is 0 Å². The Kier molecular flexibility index (Phi) is 5.13. The molecule has 0 spiro atoms. The molecular formula is C24H25N5O3. The number of anilines is 2. The zero-order valence-electron chi connectivity index (χ0n) is 17.9. The minimum Gasteiger partial charge on any atom is -0.493 e. The third kappa shape index (κ3) is 3.62. The van der Waals surface area contributed by atoms with Gasteiger partial charge in [0.05, 0.1) is 29.1 Å². The average molecular weight is 431 g/mol. The summed E-state index contributed by atoms with van der Waals surface area (Å²) in [6.07, 6.45) is 6.45. The summed E-state index contributed by atoms with van der Waals surface area (Å²) in [6, 6.07) is 7.63. The highest BCUT2D eigenvalue weighted by atomic mass is 16.5. The van der Waals surface area contributed by atoms with Gasteiger partial charge in [-0.25, -0.2) is 4.98 Å². The van der Waals surface area contributed by atoms with Gasteiger partial charge in [-0.2, -0.15) is 0 Å². The molecule has 2 amide bonds. The lowest BCUT2D eigenvalue weighted by molar-refractivity contribution is 0.0932. The minimum atomic E-state index is -0.600. The summed E-state index contributed by atoms with van der Waals surface area (Å²) in [7, 11) is 0. The summed E-state index contributed by atoms with van der Waals surface area (Å²) in [5.74, 6) is 0.00643. The number of primary amides is 1. The number of nitrogens with one attached hydrogen (secondary N) is 2. The van der Waals surface area contributed by atoms with Crippen LogP contribution in [0.4, 0.5) is 11.4 Å². The van der Waals surface area contributed by atoms with E-state index in [4.69, 9.17) is 10.5 Å². The summed E-state index contributed by atoms with van der Waals surface area (Å²) in [5.41, 5.74) is 9.84. The summed E-state index contributed by atoms with van der Waals surface area (Å²) >= 11 is 0. The Bertz CT molecular complexity index is 1230. The van der Waals surface area contributed by atoms with Gasteiger partial charge in [-0.3, -0.25) is 14.6 Å². The average Bonchev–Trinajstić information content (AvgIpc) is 3.46. The smallest absolute Gasteiger partial charge is 0.270 e. The number of hydrogen-bond acceptors (Lipinski definition) is 6. The van der Waals surface area contributed by atoms with E-state index in [0.29, 0.717) is 34.6 Å². The first kappa shape index (κ1) is 20.2. The molecule has 3 aromatic rings. The molecule has 0 atom stereocenters. The lowest BCUT2D eigenvalue weighted by atomic mass is 10.0. The molecular weight excluding hydrogens is 406 g/mol. The topological polar surface area (TPSA) is 119 Å². The van der Waals surface area contributed by atoms with Gasteiger partial charge in [0, 0.05) is 35.3 Å². The van der Waals surface area contributed by atoms with Gasteiger partial charge in [-0.05, 0) is 38.0 Å². The number of pyridine rings is 2. The lowest BCUT2D eigenvalue weighted by Crippen LogP contribution is -2.33. The largest absolute Gasteiger partial charge is 0.493 e. The monoisotopic (exact) mass is 431 g/mol. The molecule has 1 aliphatic heterocycles. The summed E-state index contributed by atoms with van der Waals surface area (Å²) in [6.45, 7) is 2.42. The Morgan fingerprint density at radius 3 is 2.81 bits per heavy atom. The van der Waals surface area contributed by atoms with Crippen LogP contribution < -0.4 is 21.1 Å². The maximum absolute atomic E-state index is 12.9. The molecule has 2 aliphatic rings. The number of hydrogen-bond donors (Lipinski definition) is 3. The fourth-order valence-electron chi connectivity index (χ4n) is 4.60. The predicted octanol–water partition coefficient (Wildman–Crippen LogP) is 3.39. The van der Waals surface area contributed by atoms with Gasteiger partial charge in [-0.15, -0.1) is 0 Å². The fourth-order valence-corrected chi connectivity index (χ4v) is 4.60. The van der Waals surface area contributed by atoms with Gasteiger partial charge in [0.25, 0.3) is 11.8 Å². The van der Waals surface area contributed by atoms with Crippen LogP contribution in [-0.2, 0) is 6.42 Å². The van der Waals surface area contributed by atoms with Crippen molar-refractivity contribution >= 4 is 34.1 Å². The molecule has 0 unspecified atom stereocenters. The first-order valence-corrected chi connectivity index (χ1v) is 10.9. The number of ether oxygens (including phenoxy) is 1. The predicted molar refractivity (Wildman–Crippen MR) is 121 cm³/mol. The molecule has 8 heteroatoms. The number of aromatic nitrogens is 2. The number of aryl methyl sites for hydroxylation is 1. The first-order chi connectivity index (χ1) is 15.5. The second-order valence-corrected chi connectivity index (χ2v) is 8.36. The van der Waals surface area contributed by atoms with Crippen LogP contribution >= 0.6 is 0 Å². The van der Waals surface area contributed by atoms with Gasteiger partial charge in [0.1, 0.15) is 11.4 Å². The summed E-state index contributed by atoms with van der Waals surface area (Å²) in [4.78, 5) is 34.1. The molecule has 0 radical (unpaired) electrons. The Balaban J connectivity index is 1.62. The molecule has 1 saturated carbocycles. The molecule has 0 bridgehead atoms. The number of benzene rings is 1. The van der Waals surface area contributed by atoms with Crippen molar-refractivity contribution in [2.24, 2.45) is 5.73 Å². The SMILES string of the molecule is Cc1nc(C(=O)NC2CCCC2)cc2c(Nc3cccc4c3CCO4)c(C(N)=O)cnc12. The Labute approximate surface area is 185 Å². The van der Waals surface area contributed by atoms with E-state index in [0.717, 1.165) is 49.1 Å². The van der Waals surface area contributed by atoms with Crippen molar-refractivity contribution in [3.63, 3.8) is 0 Å². The van der Waals surface area contributed by atoms with Crippen LogP contribution in [0.25, 0.3) is 10.9 Å². The van der Waals surface area contributed by atoms with Gasteiger partial charge in [0.15, 0.2) is 0 Å². The van der Waals surface area contributed by atoms with E-state index in [2.05, 4.69) is 20.6 Å². The third-order valence-corrected chi connectivity index (χ3v) is 6.22. The van der Waals surface area contributed by atoms with Gasteiger partial charge < -0.3 is 21.1 Å². The molecule has 1 fully saturated rings. The number of fused-ring (bicyclic) bond motifs is 2. The molecule has 1 aromatic carbocycles. The number of carbonyl (C=O) groups is 2. The molecule has 8 nitrogen and oxygen atoms in total. The van der Waals surface area contributed by atoms with Crippen molar-refractivity contribution in [1.82, 2.24) is 15.3 Å². The quantitative estimate of drug-likeness (QED) is 0.570. The van der Waals surface area contributed by atoms with E-state index < -0.39 is 5.91 Å². The second-order valence-electron chi connectivity index (χ2n) is 8.36. The van der Waals surface area contributed by atoms with Crippen molar-refractivity contribution < 1.29 is 14.3 Å².